The molecule has 1 aromatic carbocycles. The largest absolute Gasteiger partial charge is 0.386 e. The second-order valence-electron chi connectivity index (χ2n) is 4.62. The standard InChI is InChI=1S/C15H19N3O2S/c1-3-7-12-8-4-5-9-13(12)18-21(19,20)15-14(16-2)10-6-11-17-15/h4-6,8-11,16,18H,3,7H2,1-2H3. The van der Waals surface area contributed by atoms with Crippen molar-refractivity contribution < 1.29 is 8.42 Å². The minimum Gasteiger partial charge on any atom is -0.386 e. The number of nitrogens with one attached hydrogen (secondary N) is 2. The number of nitrogens with zero attached hydrogens (tertiary/aromatic N) is 1. The highest BCUT2D eigenvalue weighted by molar-refractivity contribution is 7.92. The second kappa shape index (κ2) is 6.58. The first-order chi connectivity index (χ1) is 10.1. The number of pyridine rings is 1. The molecule has 1 heterocycles. The molecule has 0 spiro atoms. The fraction of sp³-hybridized carbons (Fsp3) is 0.267. The highest BCUT2D eigenvalue weighted by Gasteiger charge is 2.20. The first-order valence-electron chi connectivity index (χ1n) is 6.82. The average Bonchev–Trinajstić information content (AvgIpc) is 2.49. The Labute approximate surface area is 125 Å². The highest BCUT2D eigenvalue weighted by Crippen LogP contribution is 2.23. The zero-order valence-corrected chi connectivity index (χ0v) is 12.9. The van der Waals surface area contributed by atoms with Crippen molar-refractivity contribution in [1.82, 2.24) is 4.98 Å². The number of anilines is 2. The van der Waals surface area contributed by atoms with Crippen LogP contribution in [0.4, 0.5) is 11.4 Å². The van der Waals surface area contributed by atoms with E-state index in [1.165, 1.54) is 6.20 Å². The number of sulfonamides is 1. The van der Waals surface area contributed by atoms with Gasteiger partial charge in [-0.2, -0.15) is 8.42 Å². The van der Waals surface area contributed by atoms with Crippen LogP contribution in [0.3, 0.4) is 0 Å². The van der Waals surface area contributed by atoms with Gasteiger partial charge >= 0.3 is 0 Å². The van der Waals surface area contributed by atoms with Crippen LogP contribution in [0, 0.1) is 0 Å². The molecule has 1 aromatic heterocycles. The molecule has 5 nitrogen and oxygen atoms in total. The third-order valence-electron chi connectivity index (χ3n) is 3.08. The molecule has 0 unspecified atom stereocenters. The summed E-state index contributed by atoms with van der Waals surface area (Å²) in [6, 6.07) is 10.8. The lowest BCUT2D eigenvalue weighted by atomic mass is 10.1. The minimum atomic E-state index is -3.72. The van der Waals surface area contributed by atoms with E-state index < -0.39 is 10.0 Å². The average molecular weight is 305 g/mol. The van der Waals surface area contributed by atoms with Crippen molar-refractivity contribution in [3.8, 4) is 0 Å². The lowest BCUT2D eigenvalue weighted by Crippen LogP contribution is -2.17. The quantitative estimate of drug-likeness (QED) is 0.861. The Bertz CT molecular complexity index is 714. The molecule has 0 aliphatic heterocycles. The number of hydrogen-bond acceptors (Lipinski definition) is 4. The minimum absolute atomic E-state index is 0.00111. The molecule has 21 heavy (non-hydrogen) atoms. The molecule has 0 saturated carbocycles. The molecule has 0 amide bonds. The van der Waals surface area contributed by atoms with Crippen LogP contribution in [0.15, 0.2) is 47.6 Å². The Hall–Kier alpha value is -2.08. The number of benzene rings is 1. The van der Waals surface area contributed by atoms with E-state index in [0.29, 0.717) is 11.4 Å². The van der Waals surface area contributed by atoms with Crippen molar-refractivity contribution >= 4 is 21.4 Å². The number of aromatic nitrogens is 1. The third-order valence-corrected chi connectivity index (χ3v) is 4.40. The van der Waals surface area contributed by atoms with Gasteiger partial charge in [0.25, 0.3) is 10.0 Å². The molecular weight excluding hydrogens is 286 g/mol. The Kier molecular flexibility index (Phi) is 4.80. The summed E-state index contributed by atoms with van der Waals surface area (Å²) in [6.45, 7) is 2.06. The van der Waals surface area contributed by atoms with Crippen LogP contribution in [0.1, 0.15) is 18.9 Å². The summed E-state index contributed by atoms with van der Waals surface area (Å²) in [5.41, 5.74) is 2.05. The van der Waals surface area contributed by atoms with Crippen molar-refractivity contribution in [2.24, 2.45) is 0 Å². The summed E-state index contributed by atoms with van der Waals surface area (Å²) in [6.07, 6.45) is 3.23. The first-order valence-corrected chi connectivity index (χ1v) is 8.30. The molecular formula is C15H19N3O2S. The molecule has 2 N–H and O–H groups in total. The maximum Gasteiger partial charge on any atom is 0.281 e. The number of hydrogen-bond donors (Lipinski definition) is 2. The van der Waals surface area contributed by atoms with E-state index in [9.17, 15) is 8.42 Å². The van der Waals surface area contributed by atoms with Gasteiger partial charge in [0.05, 0.1) is 11.4 Å². The van der Waals surface area contributed by atoms with E-state index in [2.05, 4.69) is 21.9 Å². The molecule has 112 valence electrons. The monoisotopic (exact) mass is 305 g/mol. The van der Waals surface area contributed by atoms with E-state index in [0.717, 1.165) is 18.4 Å². The Balaban J connectivity index is 2.38. The van der Waals surface area contributed by atoms with Crippen molar-refractivity contribution in [1.29, 1.82) is 0 Å². The molecule has 0 atom stereocenters. The van der Waals surface area contributed by atoms with E-state index in [1.54, 1.807) is 25.2 Å². The number of rotatable bonds is 6. The van der Waals surface area contributed by atoms with Gasteiger partial charge in [0.1, 0.15) is 0 Å². The van der Waals surface area contributed by atoms with Crippen LogP contribution >= 0.6 is 0 Å². The summed E-state index contributed by atoms with van der Waals surface area (Å²) < 4.78 is 27.7. The molecule has 0 aliphatic carbocycles. The van der Waals surface area contributed by atoms with E-state index in [1.807, 2.05) is 18.2 Å². The van der Waals surface area contributed by atoms with Gasteiger partial charge in [0, 0.05) is 13.2 Å². The van der Waals surface area contributed by atoms with Crippen LogP contribution in [-0.4, -0.2) is 20.4 Å². The van der Waals surface area contributed by atoms with Crippen LogP contribution in [0.5, 0.6) is 0 Å². The molecule has 2 rings (SSSR count). The summed E-state index contributed by atoms with van der Waals surface area (Å²) in [5.74, 6) is 0. The van der Waals surface area contributed by atoms with Crippen molar-refractivity contribution in [3.05, 3.63) is 48.2 Å². The van der Waals surface area contributed by atoms with Crippen LogP contribution in [-0.2, 0) is 16.4 Å². The smallest absolute Gasteiger partial charge is 0.281 e. The van der Waals surface area contributed by atoms with E-state index in [4.69, 9.17) is 0 Å². The van der Waals surface area contributed by atoms with Gasteiger partial charge in [-0.15, -0.1) is 0 Å². The van der Waals surface area contributed by atoms with Crippen molar-refractivity contribution in [2.45, 2.75) is 24.8 Å². The second-order valence-corrected chi connectivity index (χ2v) is 6.22. The van der Waals surface area contributed by atoms with E-state index in [-0.39, 0.29) is 5.03 Å². The summed E-state index contributed by atoms with van der Waals surface area (Å²) >= 11 is 0. The molecule has 0 bridgehead atoms. The van der Waals surface area contributed by atoms with Crippen LogP contribution in [0.2, 0.25) is 0 Å². The molecule has 0 saturated heterocycles. The maximum absolute atomic E-state index is 12.5. The lowest BCUT2D eigenvalue weighted by molar-refractivity contribution is 0.598. The topological polar surface area (TPSA) is 71.1 Å². The predicted octanol–water partition coefficient (Wildman–Crippen LogP) is 2.88. The molecule has 6 heteroatoms. The van der Waals surface area contributed by atoms with Gasteiger partial charge in [-0.25, -0.2) is 4.98 Å². The van der Waals surface area contributed by atoms with Gasteiger partial charge < -0.3 is 5.32 Å². The maximum atomic E-state index is 12.5. The van der Waals surface area contributed by atoms with Gasteiger partial charge in [0.15, 0.2) is 5.03 Å². The zero-order valence-electron chi connectivity index (χ0n) is 12.1. The Morgan fingerprint density at radius 1 is 1.10 bits per heavy atom. The first kappa shape index (κ1) is 15.3. The van der Waals surface area contributed by atoms with Gasteiger partial charge in [-0.3, -0.25) is 4.72 Å². The fourth-order valence-electron chi connectivity index (χ4n) is 2.10. The van der Waals surface area contributed by atoms with Crippen molar-refractivity contribution in [3.63, 3.8) is 0 Å². The van der Waals surface area contributed by atoms with Crippen LogP contribution < -0.4 is 10.0 Å². The molecule has 2 aromatic rings. The lowest BCUT2D eigenvalue weighted by Gasteiger charge is -2.13. The number of aryl methyl sites for hydroxylation is 1. The van der Waals surface area contributed by atoms with E-state index >= 15 is 0 Å². The Morgan fingerprint density at radius 3 is 2.52 bits per heavy atom. The van der Waals surface area contributed by atoms with Gasteiger partial charge in [0.2, 0.25) is 0 Å². The molecule has 0 aliphatic rings. The van der Waals surface area contributed by atoms with Crippen molar-refractivity contribution in [2.75, 3.05) is 17.1 Å². The molecule has 0 fully saturated rings. The van der Waals surface area contributed by atoms with Crippen LogP contribution in [0.25, 0.3) is 0 Å². The molecule has 0 radical (unpaired) electrons. The third kappa shape index (κ3) is 3.52. The normalized spacial score (nSPS) is 11.1. The SMILES string of the molecule is CCCc1ccccc1NS(=O)(=O)c1ncccc1NC. The number of para-hydroxylation sites is 1. The predicted molar refractivity (Wildman–Crippen MR) is 85.0 cm³/mol. The summed E-state index contributed by atoms with van der Waals surface area (Å²) in [5, 5.41) is 2.84. The van der Waals surface area contributed by atoms with Gasteiger partial charge in [-0.05, 0) is 30.2 Å². The fourth-order valence-corrected chi connectivity index (χ4v) is 3.34. The highest BCUT2D eigenvalue weighted by atomic mass is 32.2. The zero-order chi connectivity index (χ0) is 15.3. The Morgan fingerprint density at radius 2 is 1.81 bits per heavy atom. The summed E-state index contributed by atoms with van der Waals surface area (Å²) in [4.78, 5) is 3.98. The van der Waals surface area contributed by atoms with Gasteiger partial charge in [-0.1, -0.05) is 31.5 Å². The summed E-state index contributed by atoms with van der Waals surface area (Å²) in [7, 11) is -2.05.